The standard InChI is InChI=1S/C16H32N2/c1-12(2)18-9-13-7-6-8-14(10-18)15(13)17-11-16(3,4)5/h12-15,17H,6-11H2,1-5H3. The van der Waals surface area contributed by atoms with Crippen LogP contribution in [-0.4, -0.2) is 36.6 Å². The highest BCUT2D eigenvalue weighted by molar-refractivity contribution is 4.95. The minimum Gasteiger partial charge on any atom is -0.313 e. The van der Waals surface area contributed by atoms with Crippen LogP contribution in [0, 0.1) is 17.3 Å². The third-order valence-electron chi connectivity index (χ3n) is 4.70. The third kappa shape index (κ3) is 3.48. The van der Waals surface area contributed by atoms with Gasteiger partial charge in [-0.1, -0.05) is 27.2 Å². The number of rotatable bonds is 3. The van der Waals surface area contributed by atoms with Crippen molar-refractivity contribution in [2.45, 2.75) is 66.0 Å². The number of hydrogen-bond acceptors (Lipinski definition) is 2. The second-order valence-corrected chi connectivity index (χ2v) is 7.97. The number of hydrogen-bond donors (Lipinski definition) is 1. The van der Waals surface area contributed by atoms with E-state index in [9.17, 15) is 0 Å². The lowest BCUT2D eigenvalue weighted by atomic mass is 9.73. The van der Waals surface area contributed by atoms with Crippen LogP contribution in [0.3, 0.4) is 0 Å². The third-order valence-corrected chi connectivity index (χ3v) is 4.70. The predicted molar refractivity (Wildman–Crippen MR) is 78.8 cm³/mol. The average molecular weight is 252 g/mol. The molecule has 0 spiro atoms. The van der Waals surface area contributed by atoms with E-state index in [1.54, 1.807) is 0 Å². The molecule has 1 aliphatic heterocycles. The quantitative estimate of drug-likeness (QED) is 0.830. The predicted octanol–water partition coefficient (Wildman–Crippen LogP) is 3.13. The van der Waals surface area contributed by atoms with Crippen LogP contribution in [0.25, 0.3) is 0 Å². The summed E-state index contributed by atoms with van der Waals surface area (Å²) < 4.78 is 0. The van der Waals surface area contributed by atoms with Crippen LogP contribution in [0.2, 0.25) is 0 Å². The van der Waals surface area contributed by atoms with Crippen molar-refractivity contribution in [2.75, 3.05) is 19.6 Å². The largest absolute Gasteiger partial charge is 0.313 e. The Hall–Kier alpha value is -0.0800. The summed E-state index contributed by atoms with van der Waals surface area (Å²) in [6.45, 7) is 15.5. The van der Waals surface area contributed by atoms with Gasteiger partial charge in [-0.2, -0.15) is 0 Å². The molecule has 0 aromatic carbocycles. The number of piperidine rings is 1. The maximum absolute atomic E-state index is 3.90. The molecule has 106 valence electrons. The van der Waals surface area contributed by atoms with Crippen molar-refractivity contribution < 1.29 is 0 Å². The molecule has 1 aliphatic carbocycles. The number of fused-ring (bicyclic) bond motifs is 2. The second kappa shape index (κ2) is 5.50. The molecule has 1 heterocycles. The molecule has 2 nitrogen and oxygen atoms in total. The van der Waals surface area contributed by atoms with Crippen LogP contribution in [0.15, 0.2) is 0 Å². The van der Waals surface area contributed by atoms with Gasteiger partial charge >= 0.3 is 0 Å². The van der Waals surface area contributed by atoms with Crippen LogP contribution >= 0.6 is 0 Å². The Kier molecular flexibility index (Phi) is 4.38. The molecule has 1 saturated heterocycles. The minimum atomic E-state index is 0.406. The SMILES string of the molecule is CC(C)N1CC2CCCC(C1)C2NCC(C)(C)C. The Morgan fingerprint density at radius 1 is 1.11 bits per heavy atom. The van der Waals surface area contributed by atoms with E-state index in [0.717, 1.165) is 30.5 Å². The van der Waals surface area contributed by atoms with Crippen LogP contribution in [0.4, 0.5) is 0 Å². The zero-order chi connectivity index (χ0) is 13.3. The molecule has 2 rings (SSSR count). The van der Waals surface area contributed by atoms with Crippen molar-refractivity contribution in [3.8, 4) is 0 Å². The Labute approximate surface area is 114 Å². The molecule has 0 aromatic heterocycles. The van der Waals surface area contributed by atoms with E-state index in [4.69, 9.17) is 0 Å². The summed E-state index contributed by atoms with van der Waals surface area (Å²) in [4.78, 5) is 2.70. The summed E-state index contributed by atoms with van der Waals surface area (Å²) in [6.07, 6.45) is 4.32. The zero-order valence-corrected chi connectivity index (χ0v) is 13.0. The van der Waals surface area contributed by atoms with Gasteiger partial charge in [-0.3, -0.25) is 0 Å². The van der Waals surface area contributed by atoms with Crippen molar-refractivity contribution in [1.82, 2.24) is 10.2 Å². The fraction of sp³-hybridized carbons (Fsp3) is 1.00. The Bertz CT molecular complexity index is 253. The van der Waals surface area contributed by atoms with Gasteiger partial charge in [0.25, 0.3) is 0 Å². The summed E-state index contributed by atoms with van der Waals surface area (Å²) in [5, 5.41) is 3.90. The fourth-order valence-corrected chi connectivity index (χ4v) is 3.65. The molecule has 0 amide bonds. The molecule has 2 fully saturated rings. The van der Waals surface area contributed by atoms with Crippen LogP contribution in [0.5, 0.6) is 0 Å². The van der Waals surface area contributed by atoms with E-state index in [1.165, 1.54) is 32.4 Å². The fourth-order valence-electron chi connectivity index (χ4n) is 3.65. The lowest BCUT2D eigenvalue weighted by Crippen LogP contribution is -2.59. The van der Waals surface area contributed by atoms with Gasteiger partial charge in [0, 0.05) is 31.7 Å². The molecule has 2 unspecified atom stereocenters. The number of nitrogens with zero attached hydrogens (tertiary/aromatic N) is 1. The molecule has 2 heteroatoms. The van der Waals surface area contributed by atoms with Gasteiger partial charge in [0.05, 0.1) is 0 Å². The molecule has 2 aliphatic rings. The molecule has 2 bridgehead atoms. The molecular formula is C16H32N2. The summed E-state index contributed by atoms with van der Waals surface area (Å²) in [7, 11) is 0. The van der Waals surface area contributed by atoms with Crippen molar-refractivity contribution in [3.63, 3.8) is 0 Å². The van der Waals surface area contributed by atoms with E-state index >= 15 is 0 Å². The summed E-state index contributed by atoms with van der Waals surface area (Å²) in [6, 6.07) is 1.50. The Balaban J connectivity index is 1.96. The van der Waals surface area contributed by atoms with Crippen molar-refractivity contribution in [3.05, 3.63) is 0 Å². The molecule has 18 heavy (non-hydrogen) atoms. The molecule has 1 saturated carbocycles. The first-order valence-corrected chi connectivity index (χ1v) is 7.84. The monoisotopic (exact) mass is 252 g/mol. The van der Waals surface area contributed by atoms with Crippen molar-refractivity contribution >= 4 is 0 Å². The lowest BCUT2D eigenvalue weighted by molar-refractivity contribution is 0.0265. The van der Waals surface area contributed by atoms with Gasteiger partial charge in [0.2, 0.25) is 0 Å². The summed E-state index contributed by atoms with van der Waals surface area (Å²) in [5.41, 5.74) is 0.406. The summed E-state index contributed by atoms with van der Waals surface area (Å²) >= 11 is 0. The maximum atomic E-state index is 3.90. The highest BCUT2D eigenvalue weighted by Crippen LogP contribution is 2.36. The van der Waals surface area contributed by atoms with Gasteiger partial charge in [0.1, 0.15) is 0 Å². The summed E-state index contributed by atoms with van der Waals surface area (Å²) in [5.74, 6) is 1.78. The van der Waals surface area contributed by atoms with Gasteiger partial charge < -0.3 is 10.2 Å². The molecular weight excluding hydrogens is 220 g/mol. The van der Waals surface area contributed by atoms with E-state index in [0.29, 0.717) is 5.41 Å². The molecule has 0 radical (unpaired) electrons. The van der Waals surface area contributed by atoms with Crippen LogP contribution in [0.1, 0.15) is 53.9 Å². The average Bonchev–Trinajstić information content (AvgIpc) is 2.23. The van der Waals surface area contributed by atoms with Gasteiger partial charge in [0.15, 0.2) is 0 Å². The van der Waals surface area contributed by atoms with E-state index in [1.807, 2.05) is 0 Å². The number of likely N-dealkylation sites (tertiary alicyclic amines) is 1. The van der Waals surface area contributed by atoms with Crippen molar-refractivity contribution in [2.24, 2.45) is 17.3 Å². The Morgan fingerprint density at radius 3 is 2.11 bits per heavy atom. The first-order chi connectivity index (χ1) is 8.37. The smallest absolute Gasteiger partial charge is 0.0148 e. The number of nitrogens with one attached hydrogen (secondary N) is 1. The first kappa shape index (κ1) is 14.3. The molecule has 2 atom stereocenters. The van der Waals surface area contributed by atoms with Crippen molar-refractivity contribution in [1.29, 1.82) is 0 Å². The first-order valence-electron chi connectivity index (χ1n) is 7.84. The van der Waals surface area contributed by atoms with Gasteiger partial charge in [-0.05, 0) is 43.9 Å². The normalized spacial score (nSPS) is 34.0. The Morgan fingerprint density at radius 2 is 1.67 bits per heavy atom. The maximum Gasteiger partial charge on any atom is 0.0148 e. The molecule has 0 aromatic rings. The van der Waals surface area contributed by atoms with E-state index < -0.39 is 0 Å². The lowest BCUT2D eigenvalue weighted by Gasteiger charge is -2.49. The van der Waals surface area contributed by atoms with Gasteiger partial charge in [-0.25, -0.2) is 0 Å². The minimum absolute atomic E-state index is 0.406. The zero-order valence-electron chi connectivity index (χ0n) is 13.0. The van der Waals surface area contributed by atoms with Crippen LogP contribution < -0.4 is 5.32 Å². The van der Waals surface area contributed by atoms with E-state index in [-0.39, 0.29) is 0 Å². The highest BCUT2D eigenvalue weighted by atomic mass is 15.2. The van der Waals surface area contributed by atoms with Gasteiger partial charge in [-0.15, -0.1) is 0 Å². The highest BCUT2D eigenvalue weighted by Gasteiger charge is 2.39. The second-order valence-electron chi connectivity index (χ2n) is 7.97. The van der Waals surface area contributed by atoms with E-state index in [2.05, 4.69) is 44.8 Å². The molecule has 1 N–H and O–H groups in total. The topological polar surface area (TPSA) is 15.3 Å². The van der Waals surface area contributed by atoms with Crippen LogP contribution in [-0.2, 0) is 0 Å².